The molecule has 108 valence electrons. The third kappa shape index (κ3) is 6.32. The second-order valence-electron chi connectivity index (χ2n) is 4.41. The minimum absolute atomic E-state index is 0.935. The van der Waals surface area contributed by atoms with Crippen LogP contribution in [0.4, 0.5) is 0 Å². The average molecular weight is 622 g/mol. The van der Waals surface area contributed by atoms with E-state index >= 15 is 0 Å². The Bertz CT molecular complexity index is 568. The van der Waals surface area contributed by atoms with Crippen molar-refractivity contribution in [2.24, 2.45) is 0 Å². The first-order valence-electron chi connectivity index (χ1n) is 6.10. The van der Waals surface area contributed by atoms with Crippen molar-refractivity contribution in [3.63, 3.8) is 0 Å². The number of hydrogen-bond donors (Lipinski definition) is 0. The van der Waals surface area contributed by atoms with Gasteiger partial charge in [0.2, 0.25) is 0 Å². The molecular formula is C16H16Br2I2. The fourth-order valence-electron chi connectivity index (χ4n) is 1.55. The van der Waals surface area contributed by atoms with E-state index in [0.29, 0.717) is 0 Å². The van der Waals surface area contributed by atoms with Gasteiger partial charge in [0.25, 0.3) is 0 Å². The molecule has 20 heavy (non-hydrogen) atoms. The standard InChI is InChI=1S/C8H7Br2I.C8H9I/c9-4-6-1-2-8(11)3-7(6)5-10;1-6-3-4-8(9)5-7(6)2/h1-3H,4-5H2;3-5H,1-2H3. The smallest absolute Gasteiger partial charge is 0.0286 e. The Labute approximate surface area is 165 Å². The Morgan fingerprint density at radius 3 is 1.80 bits per heavy atom. The van der Waals surface area contributed by atoms with Crippen LogP contribution in [0, 0.1) is 21.0 Å². The van der Waals surface area contributed by atoms with Gasteiger partial charge in [-0.05, 0) is 106 Å². The van der Waals surface area contributed by atoms with Crippen LogP contribution >= 0.6 is 77.0 Å². The molecule has 0 aromatic heterocycles. The van der Waals surface area contributed by atoms with E-state index in [1.165, 1.54) is 29.4 Å². The van der Waals surface area contributed by atoms with Gasteiger partial charge in [-0.2, -0.15) is 0 Å². The third-order valence-corrected chi connectivity index (χ3v) is 5.48. The maximum Gasteiger partial charge on any atom is 0.0286 e. The van der Waals surface area contributed by atoms with Crippen molar-refractivity contribution in [3.05, 3.63) is 65.8 Å². The van der Waals surface area contributed by atoms with Crippen molar-refractivity contribution in [2.45, 2.75) is 24.5 Å². The quantitative estimate of drug-likeness (QED) is 0.251. The molecule has 4 heteroatoms. The summed E-state index contributed by atoms with van der Waals surface area (Å²) >= 11 is 11.6. The first kappa shape index (κ1) is 18.9. The highest BCUT2D eigenvalue weighted by atomic mass is 127. The summed E-state index contributed by atoms with van der Waals surface area (Å²) in [5.41, 5.74) is 5.48. The minimum atomic E-state index is 0.935. The van der Waals surface area contributed by atoms with Crippen LogP contribution in [0.1, 0.15) is 22.3 Å². The van der Waals surface area contributed by atoms with E-state index in [-0.39, 0.29) is 0 Å². The molecule has 0 unspecified atom stereocenters. The van der Waals surface area contributed by atoms with Crippen LogP contribution in [0.15, 0.2) is 36.4 Å². The Balaban J connectivity index is 0.000000204. The minimum Gasteiger partial charge on any atom is -0.0876 e. The lowest BCUT2D eigenvalue weighted by Gasteiger charge is -2.03. The molecule has 0 radical (unpaired) electrons. The van der Waals surface area contributed by atoms with Gasteiger partial charge in [0, 0.05) is 17.8 Å². The van der Waals surface area contributed by atoms with Gasteiger partial charge in [0.1, 0.15) is 0 Å². The fraction of sp³-hybridized carbons (Fsp3) is 0.250. The van der Waals surface area contributed by atoms with Crippen molar-refractivity contribution in [2.75, 3.05) is 0 Å². The maximum atomic E-state index is 3.46. The van der Waals surface area contributed by atoms with E-state index in [2.05, 4.69) is 127 Å². The lowest BCUT2D eigenvalue weighted by atomic mass is 10.1. The molecule has 2 rings (SSSR count). The molecule has 0 amide bonds. The summed E-state index contributed by atoms with van der Waals surface area (Å²) in [7, 11) is 0. The first-order valence-corrected chi connectivity index (χ1v) is 10.5. The average Bonchev–Trinajstić information content (AvgIpc) is 2.44. The molecule has 2 aromatic carbocycles. The van der Waals surface area contributed by atoms with Gasteiger partial charge < -0.3 is 0 Å². The largest absolute Gasteiger partial charge is 0.0876 e. The number of aryl methyl sites for hydroxylation is 2. The van der Waals surface area contributed by atoms with Crippen molar-refractivity contribution >= 4 is 77.0 Å². The summed E-state index contributed by atoms with van der Waals surface area (Å²) in [6, 6.07) is 13.0. The second kappa shape index (κ2) is 9.79. The zero-order valence-corrected chi connectivity index (χ0v) is 18.9. The predicted molar refractivity (Wildman–Crippen MR) is 113 cm³/mol. The van der Waals surface area contributed by atoms with Crippen LogP contribution in [-0.4, -0.2) is 0 Å². The molecule has 0 saturated carbocycles. The normalized spacial score (nSPS) is 9.90. The number of rotatable bonds is 2. The van der Waals surface area contributed by atoms with E-state index < -0.39 is 0 Å². The van der Waals surface area contributed by atoms with Crippen LogP contribution in [-0.2, 0) is 10.7 Å². The van der Waals surface area contributed by atoms with Gasteiger partial charge >= 0.3 is 0 Å². The van der Waals surface area contributed by atoms with Crippen LogP contribution in [0.25, 0.3) is 0 Å². The molecule has 0 nitrogen and oxygen atoms in total. The summed E-state index contributed by atoms with van der Waals surface area (Å²) in [5.74, 6) is 0. The van der Waals surface area contributed by atoms with E-state index in [4.69, 9.17) is 0 Å². The summed E-state index contributed by atoms with van der Waals surface area (Å²) in [6.45, 7) is 4.27. The van der Waals surface area contributed by atoms with Crippen molar-refractivity contribution in [1.29, 1.82) is 0 Å². The molecule has 0 aliphatic rings. The van der Waals surface area contributed by atoms with Crippen LogP contribution in [0.5, 0.6) is 0 Å². The number of benzene rings is 2. The molecule has 0 aliphatic carbocycles. The molecule has 0 aliphatic heterocycles. The van der Waals surface area contributed by atoms with Gasteiger partial charge in [-0.3, -0.25) is 0 Å². The molecule has 0 fully saturated rings. The molecule has 2 aromatic rings. The van der Waals surface area contributed by atoms with Crippen LogP contribution < -0.4 is 0 Å². The van der Waals surface area contributed by atoms with Gasteiger partial charge in [-0.1, -0.05) is 44.0 Å². The summed E-state index contributed by atoms with van der Waals surface area (Å²) in [5, 5.41) is 1.87. The van der Waals surface area contributed by atoms with E-state index in [1.54, 1.807) is 0 Å². The van der Waals surface area contributed by atoms with Gasteiger partial charge in [-0.15, -0.1) is 0 Å². The number of alkyl halides is 2. The molecule has 0 N–H and O–H groups in total. The van der Waals surface area contributed by atoms with Gasteiger partial charge in [0.15, 0.2) is 0 Å². The zero-order valence-electron chi connectivity index (χ0n) is 11.4. The molecule has 0 spiro atoms. The summed E-state index contributed by atoms with van der Waals surface area (Å²) in [6.07, 6.45) is 0. The Hall–Kier alpha value is 0.860. The SMILES string of the molecule is BrCc1ccc(I)cc1CBr.Cc1ccc(I)cc1C. The molecule has 0 heterocycles. The zero-order chi connectivity index (χ0) is 15.1. The van der Waals surface area contributed by atoms with Crippen molar-refractivity contribution < 1.29 is 0 Å². The van der Waals surface area contributed by atoms with Crippen molar-refractivity contribution in [3.8, 4) is 0 Å². The first-order chi connectivity index (χ1) is 9.47. The molecule has 0 saturated heterocycles. The highest BCUT2D eigenvalue weighted by Crippen LogP contribution is 2.18. The third-order valence-electron chi connectivity index (χ3n) is 2.93. The predicted octanol–water partition coefficient (Wildman–Crippen LogP) is 6.99. The van der Waals surface area contributed by atoms with Gasteiger partial charge in [-0.25, -0.2) is 0 Å². The van der Waals surface area contributed by atoms with E-state index in [0.717, 1.165) is 10.7 Å². The lowest BCUT2D eigenvalue weighted by Crippen LogP contribution is -1.87. The van der Waals surface area contributed by atoms with E-state index in [1.807, 2.05) is 0 Å². The van der Waals surface area contributed by atoms with Gasteiger partial charge in [0.05, 0.1) is 0 Å². The summed E-state index contributed by atoms with van der Waals surface area (Å²) < 4.78 is 2.61. The molecule has 0 atom stereocenters. The summed E-state index contributed by atoms with van der Waals surface area (Å²) in [4.78, 5) is 0. The Kier molecular flexibility index (Phi) is 9.26. The maximum absolute atomic E-state index is 3.46. The van der Waals surface area contributed by atoms with E-state index in [9.17, 15) is 0 Å². The monoisotopic (exact) mass is 620 g/mol. The highest BCUT2D eigenvalue weighted by Gasteiger charge is 1.99. The van der Waals surface area contributed by atoms with Crippen LogP contribution in [0.3, 0.4) is 0 Å². The second-order valence-corrected chi connectivity index (χ2v) is 8.02. The fourth-order valence-corrected chi connectivity index (χ4v) is 3.83. The van der Waals surface area contributed by atoms with Crippen molar-refractivity contribution in [1.82, 2.24) is 0 Å². The topological polar surface area (TPSA) is 0 Å². The Morgan fingerprint density at radius 2 is 1.30 bits per heavy atom. The number of halogens is 4. The molecule has 0 bridgehead atoms. The Morgan fingerprint density at radius 1 is 0.750 bits per heavy atom. The van der Waals surface area contributed by atoms with Crippen LogP contribution in [0.2, 0.25) is 0 Å². The number of hydrogen-bond acceptors (Lipinski definition) is 0. The lowest BCUT2D eigenvalue weighted by molar-refractivity contribution is 1.29. The highest BCUT2D eigenvalue weighted by molar-refractivity contribution is 14.1. The molecular weight excluding hydrogens is 606 g/mol.